The fourth-order valence-electron chi connectivity index (χ4n) is 2.94. The SMILES string of the molecule is CCC1CCCN(Cc2ccc(C#CCN)cc2F)CC1. The maximum atomic E-state index is 14.2. The first-order valence-electron chi connectivity index (χ1n) is 7.92. The maximum Gasteiger partial charge on any atom is 0.128 e. The van der Waals surface area contributed by atoms with Gasteiger partial charge in [0.15, 0.2) is 0 Å². The van der Waals surface area contributed by atoms with E-state index in [4.69, 9.17) is 5.73 Å². The van der Waals surface area contributed by atoms with E-state index in [0.29, 0.717) is 18.7 Å². The summed E-state index contributed by atoms with van der Waals surface area (Å²) in [5, 5.41) is 0. The molecular weight excluding hydrogens is 263 g/mol. The highest BCUT2D eigenvalue weighted by atomic mass is 19.1. The van der Waals surface area contributed by atoms with E-state index in [0.717, 1.165) is 24.6 Å². The average molecular weight is 288 g/mol. The first-order valence-corrected chi connectivity index (χ1v) is 7.92. The molecule has 1 heterocycles. The quantitative estimate of drug-likeness (QED) is 0.866. The summed E-state index contributed by atoms with van der Waals surface area (Å²) in [6.07, 6.45) is 5.03. The van der Waals surface area contributed by atoms with Crippen molar-refractivity contribution in [2.75, 3.05) is 19.6 Å². The van der Waals surface area contributed by atoms with Gasteiger partial charge in [0.25, 0.3) is 0 Å². The van der Waals surface area contributed by atoms with E-state index in [-0.39, 0.29) is 5.82 Å². The summed E-state index contributed by atoms with van der Waals surface area (Å²) in [5.74, 6) is 6.31. The molecule has 2 nitrogen and oxygen atoms in total. The topological polar surface area (TPSA) is 29.3 Å². The second kappa shape index (κ2) is 8.17. The number of hydrogen-bond donors (Lipinski definition) is 1. The largest absolute Gasteiger partial charge is 0.320 e. The van der Waals surface area contributed by atoms with Crippen LogP contribution in [0.15, 0.2) is 18.2 Å². The molecule has 0 aromatic heterocycles. The molecule has 1 aromatic rings. The van der Waals surface area contributed by atoms with Crippen molar-refractivity contribution in [3.05, 3.63) is 35.1 Å². The standard InChI is InChI=1S/C18H25FN2/c1-2-15-6-4-11-21(12-9-15)14-17-8-7-16(5-3-10-20)13-18(17)19/h7-8,13,15H,2,4,6,9-12,14,20H2,1H3. The molecule has 0 bridgehead atoms. The third-order valence-corrected chi connectivity index (χ3v) is 4.30. The summed E-state index contributed by atoms with van der Waals surface area (Å²) in [6, 6.07) is 5.26. The van der Waals surface area contributed by atoms with Crippen LogP contribution in [0.5, 0.6) is 0 Å². The van der Waals surface area contributed by atoms with Gasteiger partial charge in [-0.05, 0) is 50.4 Å². The van der Waals surface area contributed by atoms with E-state index >= 15 is 0 Å². The Morgan fingerprint density at radius 1 is 1.33 bits per heavy atom. The summed E-state index contributed by atoms with van der Waals surface area (Å²) in [6.45, 7) is 5.42. The van der Waals surface area contributed by atoms with Gasteiger partial charge in [0.2, 0.25) is 0 Å². The van der Waals surface area contributed by atoms with Crippen LogP contribution in [0.3, 0.4) is 0 Å². The second-order valence-corrected chi connectivity index (χ2v) is 5.79. The van der Waals surface area contributed by atoms with Gasteiger partial charge in [-0.25, -0.2) is 4.39 Å². The lowest BCUT2D eigenvalue weighted by atomic mass is 9.98. The lowest BCUT2D eigenvalue weighted by Crippen LogP contribution is -2.24. The monoisotopic (exact) mass is 288 g/mol. The van der Waals surface area contributed by atoms with E-state index in [1.54, 1.807) is 0 Å². The van der Waals surface area contributed by atoms with Crippen LogP contribution in [-0.2, 0) is 6.54 Å². The van der Waals surface area contributed by atoms with Crippen LogP contribution in [0, 0.1) is 23.6 Å². The van der Waals surface area contributed by atoms with E-state index in [1.165, 1.54) is 31.7 Å². The number of hydrogen-bond acceptors (Lipinski definition) is 2. The minimum atomic E-state index is -0.157. The van der Waals surface area contributed by atoms with Crippen LogP contribution in [0.4, 0.5) is 4.39 Å². The predicted molar refractivity (Wildman–Crippen MR) is 85.2 cm³/mol. The molecule has 0 amide bonds. The Bertz CT molecular complexity index is 516. The number of benzene rings is 1. The van der Waals surface area contributed by atoms with Crippen LogP contribution >= 0.6 is 0 Å². The van der Waals surface area contributed by atoms with Gasteiger partial charge in [0.1, 0.15) is 5.82 Å². The smallest absolute Gasteiger partial charge is 0.128 e. The molecule has 1 saturated heterocycles. The molecule has 0 spiro atoms. The highest BCUT2D eigenvalue weighted by Gasteiger charge is 2.16. The molecule has 1 aliphatic rings. The zero-order valence-corrected chi connectivity index (χ0v) is 12.9. The fraction of sp³-hybridized carbons (Fsp3) is 0.556. The maximum absolute atomic E-state index is 14.2. The van der Waals surface area contributed by atoms with Gasteiger partial charge in [-0.3, -0.25) is 4.90 Å². The highest BCUT2D eigenvalue weighted by molar-refractivity contribution is 5.37. The zero-order chi connectivity index (χ0) is 15.1. The van der Waals surface area contributed by atoms with Crippen molar-refractivity contribution in [2.24, 2.45) is 11.7 Å². The van der Waals surface area contributed by atoms with E-state index < -0.39 is 0 Å². The van der Waals surface area contributed by atoms with Crippen LogP contribution in [0.25, 0.3) is 0 Å². The minimum absolute atomic E-state index is 0.157. The number of halogens is 1. The Morgan fingerprint density at radius 2 is 2.19 bits per heavy atom. The van der Waals surface area contributed by atoms with Gasteiger partial charge >= 0.3 is 0 Å². The van der Waals surface area contributed by atoms with Crippen molar-refractivity contribution in [1.82, 2.24) is 4.90 Å². The molecule has 1 aromatic carbocycles. The van der Waals surface area contributed by atoms with Crippen LogP contribution in [0.1, 0.15) is 43.7 Å². The molecule has 0 aliphatic carbocycles. The summed E-state index contributed by atoms with van der Waals surface area (Å²) in [4.78, 5) is 2.37. The fourth-order valence-corrected chi connectivity index (χ4v) is 2.94. The van der Waals surface area contributed by atoms with Crippen molar-refractivity contribution in [3.63, 3.8) is 0 Å². The molecule has 1 fully saturated rings. The van der Waals surface area contributed by atoms with Crippen LogP contribution < -0.4 is 5.73 Å². The lowest BCUT2D eigenvalue weighted by Gasteiger charge is -2.20. The lowest BCUT2D eigenvalue weighted by molar-refractivity contribution is 0.268. The van der Waals surface area contributed by atoms with Gasteiger partial charge in [0.05, 0.1) is 6.54 Å². The number of nitrogens with two attached hydrogens (primary N) is 1. The minimum Gasteiger partial charge on any atom is -0.320 e. The summed E-state index contributed by atoms with van der Waals surface area (Å²) in [7, 11) is 0. The van der Waals surface area contributed by atoms with E-state index in [1.807, 2.05) is 12.1 Å². The molecule has 2 rings (SSSR count). The van der Waals surface area contributed by atoms with Crippen molar-refractivity contribution >= 4 is 0 Å². The highest BCUT2D eigenvalue weighted by Crippen LogP contribution is 2.22. The Labute approximate surface area is 127 Å². The molecule has 1 unspecified atom stereocenters. The van der Waals surface area contributed by atoms with Crippen molar-refractivity contribution < 1.29 is 4.39 Å². The Hall–Kier alpha value is -1.37. The predicted octanol–water partition coefficient (Wildman–Crippen LogP) is 3.15. The first kappa shape index (κ1) is 16.0. The van der Waals surface area contributed by atoms with Crippen molar-refractivity contribution in [2.45, 2.75) is 39.2 Å². The summed E-state index contributed by atoms with van der Waals surface area (Å²) >= 11 is 0. The molecule has 2 N–H and O–H groups in total. The summed E-state index contributed by atoms with van der Waals surface area (Å²) in [5.41, 5.74) is 6.80. The average Bonchev–Trinajstić information content (AvgIpc) is 2.72. The van der Waals surface area contributed by atoms with E-state index in [9.17, 15) is 4.39 Å². The van der Waals surface area contributed by atoms with Crippen molar-refractivity contribution in [1.29, 1.82) is 0 Å². The molecule has 1 aliphatic heterocycles. The third-order valence-electron chi connectivity index (χ3n) is 4.30. The second-order valence-electron chi connectivity index (χ2n) is 5.79. The van der Waals surface area contributed by atoms with Crippen LogP contribution in [-0.4, -0.2) is 24.5 Å². The van der Waals surface area contributed by atoms with Crippen LogP contribution in [0.2, 0.25) is 0 Å². The molecule has 1 atom stereocenters. The normalized spacial score (nSPS) is 19.7. The van der Waals surface area contributed by atoms with Gasteiger partial charge < -0.3 is 5.73 Å². The molecule has 3 heteroatoms. The van der Waals surface area contributed by atoms with Gasteiger partial charge in [-0.2, -0.15) is 0 Å². The Kier molecular flexibility index (Phi) is 6.22. The molecule has 0 radical (unpaired) electrons. The number of nitrogens with zero attached hydrogens (tertiary/aromatic N) is 1. The molecular formula is C18H25FN2. The number of rotatable bonds is 3. The van der Waals surface area contributed by atoms with E-state index in [2.05, 4.69) is 23.7 Å². The first-order chi connectivity index (χ1) is 10.2. The van der Waals surface area contributed by atoms with Crippen molar-refractivity contribution in [3.8, 4) is 11.8 Å². The molecule has 114 valence electrons. The van der Waals surface area contributed by atoms with Gasteiger partial charge in [0, 0.05) is 17.7 Å². The summed E-state index contributed by atoms with van der Waals surface area (Å²) < 4.78 is 14.2. The number of likely N-dealkylation sites (tertiary alicyclic amines) is 1. The molecule has 21 heavy (non-hydrogen) atoms. The third kappa shape index (κ3) is 4.84. The van der Waals surface area contributed by atoms with Gasteiger partial charge in [-0.1, -0.05) is 31.3 Å². The Morgan fingerprint density at radius 3 is 2.90 bits per heavy atom. The zero-order valence-electron chi connectivity index (χ0n) is 12.9. The Balaban J connectivity index is 1.99. The molecule has 0 saturated carbocycles. The van der Waals surface area contributed by atoms with Gasteiger partial charge in [-0.15, -0.1) is 0 Å².